The van der Waals surface area contributed by atoms with Gasteiger partial charge in [-0.15, -0.1) is 0 Å². The van der Waals surface area contributed by atoms with Crippen LogP contribution >= 0.6 is 11.8 Å². The number of rotatable bonds is 6. The van der Waals surface area contributed by atoms with Crippen LogP contribution in [0.25, 0.3) is 0 Å². The lowest BCUT2D eigenvalue weighted by molar-refractivity contribution is 0.303. The summed E-state index contributed by atoms with van der Waals surface area (Å²) in [7, 11) is 0. The topological polar surface area (TPSA) is 47.3 Å². The maximum Gasteiger partial charge on any atom is 0.119 e. The first-order chi connectivity index (χ1) is 7.83. The van der Waals surface area contributed by atoms with E-state index >= 15 is 0 Å². The maximum absolute atomic E-state index is 5.70. The molecule has 1 aromatic carbocycles. The highest BCUT2D eigenvalue weighted by molar-refractivity contribution is 7.98. The van der Waals surface area contributed by atoms with Crippen LogP contribution in [0.3, 0.4) is 0 Å². The molecule has 0 spiro atoms. The van der Waals surface area contributed by atoms with Gasteiger partial charge in [0.2, 0.25) is 0 Å². The van der Waals surface area contributed by atoms with Crippen molar-refractivity contribution < 1.29 is 4.74 Å². The van der Waals surface area contributed by atoms with Crippen molar-refractivity contribution in [3.63, 3.8) is 0 Å². The summed E-state index contributed by atoms with van der Waals surface area (Å²) in [5.41, 5.74) is 4.04. The second-order valence-electron chi connectivity index (χ2n) is 4.06. The van der Waals surface area contributed by atoms with Crippen molar-refractivity contribution in [2.75, 3.05) is 12.0 Å². The van der Waals surface area contributed by atoms with E-state index in [4.69, 9.17) is 10.6 Å². The number of hydrazine groups is 1. The van der Waals surface area contributed by atoms with Crippen LogP contribution in [0, 0.1) is 0 Å². The van der Waals surface area contributed by atoms with Crippen molar-refractivity contribution in [1.29, 1.82) is 0 Å². The van der Waals surface area contributed by atoms with Gasteiger partial charge >= 0.3 is 0 Å². The Hall–Kier alpha value is -0.710. The van der Waals surface area contributed by atoms with Gasteiger partial charge in [-0.1, -0.05) is 12.1 Å². The first kappa shape index (κ1) is 11.8. The van der Waals surface area contributed by atoms with Crippen molar-refractivity contribution in [3.05, 3.63) is 29.8 Å². The maximum atomic E-state index is 5.70. The normalized spacial score (nSPS) is 17.1. The molecular formula is C12H18N2OS. The van der Waals surface area contributed by atoms with Gasteiger partial charge in [-0.2, -0.15) is 11.8 Å². The molecule has 1 fully saturated rings. The van der Waals surface area contributed by atoms with Crippen LogP contribution in [0.5, 0.6) is 5.75 Å². The molecule has 1 unspecified atom stereocenters. The Morgan fingerprint density at radius 3 is 2.62 bits per heavy atom. The van der Waals surface area contributed by atoms with Gasteiger partial charge in [0.1, 0.15) is 5.75 Å². The smallest absolute Gasteiger partial charge is 0.119 e. The zero-order chi connectivity index (χ0) is 11.4. The van der Waals surface area contributed by atoms with E-state index in [1.807, 2.05) is 12.1 Å². The van der Waals surface area contributed by atoms with E-state index in [9.17, 15) is 0 Å². The van der Waals surface area contributed by atoms with Gasteiger partial charge in [-0.05, 0) is 36.8 Å². The zero-order valence-corrected chi connectivity index (χ0v) is 10.3. The van der Waals surface area contributed by atoms with Gasteiger partial charge in [-0.25, -0.2) is 0 Å². The lowest BCUT2D eigenvalue weighted by atomic mass is 10.1. The SMILES string of the molecule is CSCC(NN)c1ccc(OC2CC2)cc1. The molecular weight excluding hydrogens is 220 g/mol. The molecule has 3 nitrogen and oxygen atoms in total. The molecule has 4 heteroatoms. The molecule has 0 aliphatic heterocycles. The summed E-state index contributed by atoms with van der Waals surface area (Å²) < 4.78 is 5.70. The molecule has 1 saturated carbocycles. The quantitative estimate of drug-likeness (QED) is 0.588. The van der Waals surface area contributed by atoms with E-state index in [1.165, 1.54) is 18.4 Å². The molecule has 0 heterocycles. The van der Waals surface area contributed by atoms with Crippen LogP contribution in [0.4, 0.5) is 0 Å². The number of benzene rings is 1. The lowest BCUT2D eigenvalue weighted by Crippen LogP contribution is -2.29. The zero-order valence-electron chi connectivity index (χ0n) is 9.48. The van der Waals surface area contributed by atoms with E-state index in [2.05, 4.69) is 23.8 Å². The summed E-state index contributed by atoms with van der Waals surface area (Å²) in [6, 6.07) is 8.43. The fourth-order valence-corrected chi connectivity index (χ4v) is 2.19. The van der Waals surface area contributed by atoms with Crippen molar-refractivity contribution in [2.45, 2.75) is 25.0 Å². The molecule has 0 radical (unpaired) electrons. The molecule has 0 bridgehead atoms. The Balaban J connectivity index is 1.98. The highest BCUT2D eigenvalue weighted by atomic mass is 32.2. The summed E-state index contributed by atoms with van der Waals surface area (Å²) in [5.74, 6) is 7.46. The second kappa shape index (κ2) is 5.57. The largest absolute Gasteiger partial charge is 0.490 e. The molecule has 1 aromatic rings. The molecule has 1 aliphatic carbocycles. The van der Waals surface area contributed by atoms with Gasteiger partial charge in [0.15, 0.2) is 0 Å². The molecule has 3 N–H and O–H groups in total. The van der Waals surface area contributed by atoms with E-state index in [-0.39, 0.29) is 6.04 Å². The van der Waals surface area contributed by atoms with Crippen LogP contribution < -0.4 is 16.0 Å². The van der Waals surface area contributed by atoms with Gasteiger partial charge in [0.05, 0.1) is 12.1 Å². The highest BCUT2D eigenvalue weighted by Crippen LogP contribution is 2.27. The van der Waals surface area contributed by atoms with Gasteiger partial charge < -0.3 is 4.74 Å². The van der Waals surface area contributed by atoms with Gasteiger partial charge in [-0.3, -0.25) is 11.3 Å². The summed E-state index contributed by atoms with van der Waals surface area (Å²) in [5, 5.41) is 0. The second-order valence-corrected chi connectivity index (χ2v) is 4.97. The van der Waals surface area contributed by atoms with E-state index < -0.39 is 0 Å². The van der Waals surface area contributed by atoms with Crippen LogP contribution in [-0.4, -0.2) is 18.1 Å². The summed E-state index contributed by atoms with van der Waals surface area (Å²) in [4.78, 5) is 0. The average Bonchev–Trinajstić information content (AvgIpc) is 3.11. The minimum Gasteiger partial charge on any atom is -0.490 e. The van der Waals surface area contributed by atoms with Crippen LogP contribution in [0.1, 0.15) is 24.4 Å². The van der Waals surface area contributed by atoms with Crippen molar-refractivity contribution >= 4 is 11.8 Å². The van der Waals surface area contributed by atoms with Crippen molar-refractivity contribution in [3.8, 4) is 5.75 Å². The molecule has 2 rings (SSSR count). The first-order valence-electron chi connectivity index (χ1n) is 5.55. The monoisotopic (exact) mass is 238 g/mol. The molecule has 0 saturated heterocycles. The Kier molecular flexibility index (Phi) is 4.09. The third-order valence-electron chi connectivity index (χ3n) is 2.64. The molecule has 16 heavy (non-hydrogen) atoms. The van der Waals surface area contributed by atoms with Crippen LogP contribution in [-0.2, 0) is 0 Å². The molecule has 0 aromatic heterocycles. The minimum absolute atomic E-state index is 0.213. The van der Waals surface area contributed by atoms with Crippen LogP contribution in [0.15, 0.2) is 24.3 Å². The molecule has 1 atom stereocenters. The fraction of sp³-hybridized carbons (Fsp3) is 0.500. The van der Waals surface area contributed by atoms with E-state index in [1.54, 1.807) is 11.8 Å². The third kappa shape index (κ3) is 3.14. The summed E-state index contributed by atoms with van der Waals surface area (Å²) in [6.45, 7) is 0. The minimum atomic E-state index is 0.213. The Bertz CT molecular complexity index is 324. The number of thioether (sulfide) groups is 1. The number of hydrogen-bond donors (Lipinski definition) is 2. The predicted molar refractivity (Wildman–Crippen MR) is 68.5 cm³/mol. The summed E-state index contributed by atoms with van der Waals surface area (Å²) >= 11 is 1.78. The van der Waals surface area contributed by atoms with Crippen molar-refractivity contribution in [2.24, 2.45) is 5.84 Å². The molecule has 1 aliphatic rings. The van der Waals surface area contributed by atoms with E-state index in [0.717, 1.165) is 11.5 Å². The summed E-state index contributed by atoms with van der Waals surface area (Å²) in [6.07, 6.45) is 4.93. The standard InChI is InChI=1S/C12H18N2OS/c1-16-8-12(14-13)9-2-4-10(5-3-9)15-11-6-7-11/h2-5,11-12,14H,6-8,13H2,1H3. The number of ether oxygens (including phenoxy) is 1. The lowest BCUT2D eigenvalue weighted by Gasteiger charge is -2.15. The number of nitrogens with one attached hydrogen (secondary N) is 1. The van der Waals surface area contributed by atoms with Gasteiger partial charge in [0.25, 0.3) is 0 Å². The number of nitrogens with two attached hydrogens (primary N) is 1. The van der Waals surface area contributed by atoms with Crippen molar-refractivity contribution in [1.82, 2.24) is 5.43 Å². The van der Waals surface area contributed by atoms with Gasteiger partial charge in [0, 0.05) is 5.75 Å². The van der Waals surface area contributed by atoms with E-state index in [0.29, 0.717) is 6.10 Å². The Morgan fingerprint density at radius 2 is 2.12 bits per heavy atom. The highest BCUT2D eigenvalue weighted by Gasteiger charge is 2.23. The fourth-order valence-electron chi connectivity index (χ4n) is 1.56. The molecule has 88 valence electrons. The third-order valence-corrected chi connectivity index (χ3v) is 3.31. The Labute approximate surface area is 101 Å². The van der Waals surface area contributed by atoms with Crippen LogP contribution in [0.2, 0.25) is 0 Å². The Morgan fingerprint density at radius 1 is 1.44 bits per heavy atom. The number of hydrogen-bond acceptors (Lipinski definition) is 4. The average molecular weight is 238 g/mol. The molecule has 0 amide bonds. The first-order valence-corrected chi connectivity index (χ1v) is 6.94. The predicted octanol–water partition coefficient (Wildman–Crippen LogP) is 2.10.